The van der Waals surface area contributed by atoms with Crippen LogP contribution in [0.3, 0.4) is 0 Å². The van der Waals surface area contributed by atoms with Crippen molar-refractivity contribution in [3.8, 4) is 0 Å². The molecule has 3 rings (SSSR count). The lowest BCUT2D eigenvalue weighted by atomic mass is 10.1. The molecule has 0 spiro atoms. The van der Waals surface area contributed by atoms with Gasteiger partial charge in [-0.15, -0.1) is 0 Å². The normalized spacial score (nSPS) is 15.8. The highest BCUT2D eigenvalue weighted by Gasteiger charge is 2.40. The Morgan fingerprint density at radius 3 is 2.57 bits per heavy atom. The molecule has 160 valence electrons. The average Bonchev–Trinajstić information content (AvgIpc) is 2.65. The van der Waals surface area contributed by atoms with Gasteiger partial charge in [0.2, 0.25) is 5.91 Å². The van der Waals surface area contributed by atoms with Gasteiger partial charge in [-0.25, -0.2) is 13.6 Å². The van der Waals surface area contributed by atoms with Gasteiger partial charge in [0.05, 0.1) is 18.3 Å². The predicted molar refractivity (Wildman–Crippen MR) is 96.2 cm³/mol. The molecule has 0 fully saturated rings. The van der Waals surface area contributed by atoms with E-state index in [1.807, 2.05) is 0 Å². The lowest BCUT2D eigenvalue weighted by molar-refractivity contribution is -0.142. The van der Waals surface area contributed by atoms with Gasteiger partial charge >= 0.3 is 12.2 Å². The van der Waals surface area contributed by atoms with Crippen LogP contribution < -0.4 is 10.6 Å². The van der Waals surface area contributed by atoms with E-state index >= 15 is 0 Å². The molecule has 1 aliphatic rings. The maximum atomic E-state index is 13.9. The molecular formula is C19H17F5N4O2. The fourth-order valence-corrected chi connectivity index (χ4v) is 3.16. The molecule has 11 heteroatoms. The van der Waals surface area contributed by atoms with E-state index in [0.29, 0.717) is 6.07 Å². The molecule has 0 aliphatic carbocycles. The Kier molecular flexibility index (Phi) is 5.64. The van der Waals surface area contributed by atoms with E-state index in [1.165, 1.54) is 26.0 Å². The molecule has 0 saturated heterocycles. The molecule has 2 N–H and O–H groups in total. The third-order valence-corrected chi connectivity index (χ3v) is 4.79. The van der Waals surface area contributed by atoms with Crippen LogP contribution in [0.5, 0.6) is 0 Å². The number of hydrogen-bond donors (Lipinski definition) is 2. The van der Waals surface area contributed by atoms with Crippen molar-refractivity contribution in [1.29, 1.82) is 0 Å². The summed E-state index contributed by atoms with van der Waals surface area (Å²) in [5.74, 6) is -2.36. The van der Waals surface area contributed by atoms with Crippen LogP contribution in [-0.2, 0) is 17.5 Å². The Hall–Kier alpha value is -3.24. The zero-order valence-electron chi connectivity index (χ0n) is 15.8. The van der Waals surface area contributed by atoms with Crippen LogP contribution in [0, 0.1) is 11.6 Å². The molecular weight excluding hydrogens is 411 g/mol. The zero-order chi connectivity index (χ0) is 22.2. The molecule has 6 nitrogen and oxygen atoms in total. The molecule has 2 heterocycles. The minimum atomic E-state index is -4.74. The number of anilines is 1. The molecule has 0 radical (unpaired) electrons. The van der Waals surface area contributed by atoms with Crippen LogP contribution in [0.2, 0.25) is 0 Å². The van der Waals surface area contributed by atoms with E-state index in [-0.39, 0.29) is 16.8 Å². The summed E-state index contributed by atoms with van der Waals surface area (Å²) < 4.78 is 66.7. The first-order valence-corrected chi connectivity index (χ1v) is 8.87. The summed E-state index contributed by atoms with van der Waals surface area (Å²) in [5, 5.41) is 4.81. The molecule has 2 aromatic rings. The van der Waals surface area contributed by atoms with E-state index in [0.717, 1.165) is 17.2 Å². The fourth-order valence-electron chi connectivity index (χ4n) is 3.16. The van der Waals surface area contributed by atoms with Crippen molar-refractivity contribution in [2.45, 2.75) is 38.7 Å². The van der Waals surface area contributed by atoms with Crippen molar-refractivity contribution in [2.75, 3.05) is 5.32 Å². The molecule has 0 saturated carbocycles. The van der Waals surface area contributed by atoms with Crippen LogP contribution in [0.4, 0.5) is 32.4 Å². The predicted octanol–water partition coefficient (Wildman–Crippen LogP) is 3.99. The number of amides is 3. The standard InChI is InChI=1S/C19H17F5N4O2/c1-9(12-4-3-11(20)7-14(12)21)26-17(29)10(2)28-8-13-15(27-18(28)30)5-6-25-16(13)19(22,23)24/h3-7,9-10H,8H2,1-2H3,(H,26,29)(H,27,30)/t9-,10-/m0/s1. The Balaban J connectivity index is 1.79. The summed E-state index contributed by atoms with van der Waals surface area (Å²) in [6.45, 7) is 2.30. The second-order valence-corrected chi connectivity index (χ2v) is 6.81. The van der Waals surface area contributed by atoms with Gasteiger partial charge in [-0.1, -0.05) is 6.07 Å². The average molecular weight is 428 g/mol. The van der Waals surface area contributed by atoms with E-state index in [4.69, 9.17) is 0 Å². The van der Waals surface area contributed by atoms with E-state index in [2.05, 4.69) is 15.6 Å². The van der Waals surface area contributed by atoms with Crippen LogP contribution in [-0.4, -0.2) is 27.9 Å². The summed E-state index contributed by atoms with van der Waals surface area (Å²) in [6, 6.07) is 1.31. The van der Waals surface area contributed by atoms with Crippen LogP contribution in [0.15, 0.2) is 30.5 Å². The Bertz CT molecular complexity index is 995. The van der Waals surface area contributed by atoms with Gasteiger partial charge in [0.25, 0.3) is 0 Å². The Morgan fingerprint density at radius 1 is 1.23 bits per heavy atom. The summed E-state index contributed by atoms with van der Waals surface area (Å²) in [5.41, 5.74) is -1.43. The van der Waals surface area contributed by atoms with Crippen LogP contribution in [0.25, 0.3) is 0 Å². The van der Waals surface area contributed by atoms with Gasteiger partial charge in [0.1, 0.15) is 17.7 Å². The van der Waals surface area contributed by atoms with Crippen LogP contribution in [0.1, 0.15) is 36.7 Å². The minimum Gasteiger partial charge on any atom is -0.348 e. The molecule has 1 aliphatic heterocycles. The number of hydrogen-bond acceptors (Lipinski definition) is 3. The topological polar surface area (TPSA) is 74.3 Å². The van der Waals surface area contributed by atoms with Crippen molar-refractivity contribution >= 4 is 17.6 Å². The van der Waals surface area contributed by atoms with Gasteiger partial charge < -0.3 is 15.5 Å². The number of fused-ring (bicyclic) bond motifs is 1. The van der Waals surface area contributed by atoms with Crippen molar-refractivity contribution < 1.29 is 31.5 Å². The quantitative estimate of drug-likeness (QED) is 0.724. The monoisotopic (exact) mass is 428 g/mol. The molecule has 1 aromatic heterocycles. The number of halogens is 5. The lowest BCUT2D eigenvalue weighted by Gasteiger charge is -2.34. The first kappa shape index (κ1) is 21.5. The highest BCUT2D eigenvalue weighted by Crippen LogP contribution is 2.36. The number of rotatable bonds is 4. The van der Waals surface area contributed by atoms with Crippen molar-refractivity contribution in [2.24, 2.45) is 0 Å². The van der Waals surface area contributed by atoms with Gasteiger partial charge in [0, 0.05) is 23.4 Å². The van der Waals surface area contributed by atoms with E-state index in [1.54, 1.807) is 0 Å². The molecule has 0 bridgehead atoms. The van der Waals surface area contributed by atoms with Gasteiger partial charge in [-0.05, 0) is 26.0 Å². The largest absolute Gasteiger partial charge is 0.433 e. The van der Waals surface area contributed by atoms with Crippen molar-refractivity contribution in [1.82, 2.24) is 15.2 Å². The van der Waals surface area contributed by atoms with E-state index < -0.39 is 54.1 Å². The number of carbonyl (C=O) groups is 2. The number of pyridine rings is 1. The van der Waals surface area contributed by atoms with Gasteiger partial charge in [-0.3, -0.25) is 9.78 Å². The number of alkyl halides is 3. The highest BCUT2D eigenvalue weighted by molar-refractivity contribution is 5.96. The summed E-state index contributed by atoms with van der Waals surface area (Å²) in [7, 11) is 0. The minimum absolute atomic E-state index is 0.0222. The molecule has 0 unspecified atom stereocenters. The zero-order valence-corrected chi connectivity index (χ0v) is 15.8. The Labute approximate surface area is 168 Å². The lowest BCUT2D eigenvalue weighted by Crippen LogP contribution is -2.51. The SMILES string of the molecule is C[C@H](NC(=O)[C@H](C)N1Cc2c(ccnc2C(F)(F)F)NC1=O)c1ccc(F)cc1F. The maximum absolute atomic E-state index is 13.9. The van der Waals surface area contributed by atoms with Gasteiger partial charge in [0.15, 0.2) is 5.69 Å². The number of benzene rings is 1. The molecule has 3 amide bonds. The molecule has 30 heavy (non-hydrogen) atoms. The van der Waals surface area contributed by atoms with Crippen LogP contribution >= 0.6 is 0 Å². The van der Waals surface area contributed by atoms with E-state index in [9.17, 15) is 31.5 Å². The third kappa shape index (κ3) is 4.19. The van der Waals surface area contributed by atoms with Crippen molar-refractivity contribution in [3.63, 3.8) is 0 Å². The second-order valence-electron chi connectivity index (χ2n) is 6.81. The first-order valence-electron chi connectivity index (χ1n) is 8.87. The second kappa shape index (κ2) is 7.88. The highest BCUT2D eigenvalue weighted by atomic mass is 19.4. The number of carbonyl (C=O) groups excluding carboxylic acids is 2. The maximum Gasteiger partial charge on any atom is 0.433 e. The summed E-state index contributed by atoms with van der Waals surface area (Å²) in [6.07, 6.45) is -3.80. The van der Waals surface area contributed by atoms with Gasteiger partial charge in [-0.2, -0.15) is 13.2 Å². The molecule has 1 aromatic carbocycles. The number of urea groups is 1. The number of aromatic nitrogens is 1. The molecule has 2 atom stereocenters. The summed E-state index contributed by atoms with van der Waals surface area (Å²) in [4.78, 5) is 29.2. The first-order chi connectivity index (χ1) is 14.0. The van der Waals surface area contributed by atoms with Crippen molar-refractivity contribution in [3.05, 3.63) is 58.9 Å². The summed E-state index contributed by atoms with van der Waals surface area (Å²) >= 11 is 0. The smallest absolute Gasteiger partial charge is 0.348 e. The fraction of sp³-hybridized carbons (Fsp3) is 0.316. The Morgan fingerprint density at radius 2 is 1.93 bits per heavy atom. The number of nitrogens with zero attached hydrogens (tertiary/aromatic N) is 2. The number of nitrogens with one attached hydrogen (secondary N) is 2. The third-order valence-electron chi connectivity index (χ3n) is 4.79.